The summed E-state index contributed by atoms with van der Waals surface area (Å²) in [5.41, 5.74) is 4.66. The molecule has 198 valence electrons. The Hall–Kier alpha value is -4.08. The summed E-state index contributed by atoms with van der Waals surface area (Å²) in [5, 5.41) is 7.75. The maximum atomic E-state index is 12.2. The number of fused-ring (bicyclic) bond motifs is 1. The molecule has 2 N–H and O–H groups in total. The van der Waals surface area contributed by atoms with Crippen LogP contribution in [0.3, 0.4) is 0 Å². The van der Waals surface area contributed by atoms with Gasteiger partial charge < -0.3 is 29.7 Å². The average Bonchev–Trinajstić information content (AvgIpc) is 3.25. The van der Waals surface area contributed by atoms with Crippen LogP contribution >= 0.6 is 11.6 Å². The molecule has 1 amide bonds. The molecule has 10 heteroatoms. The third kappa shape index (κ3) is 5.74. The molecule has 0 radical (unpaired) electrons. The van der Waals surface area contributed by atoms with Crippen LogP contribution in [0.25, 0.3) is 22.2 Å². The second-order valence-corrected chi connectivity index (χ2v) is 9.57. The zero-order chi connectivity index (χ0) is 27.4. The van der Waals surface area contributed by atoms with Crippen molar-refractivity contribution in [1.82, 2.24) is 19.4 Å². The van der Waals surface area contributed by atoms with Gasteiger partial charge in [-0.1, -0.05) is 24.2 Å². The van der Waals surface area contributed by atoms with Crippen LogP contribution in [0.15, 0.2) is 61.4 Å². The summed E-state index contributed by atoms with van der Waals surface area (Å²) in [4.78, 5) is 25.6. The van der Waals surface area contributed by atoms with Crippen LogP contribution in [0.2, 0.25) is 5.02 Å². The zero-order valence-corrected chi connectivity index (χ0v) is 23.0. The standard InChI is InChI=1S/C28H32ClN7O2/c1-7-26(37)31-21-15-22(25(38-6)16-24(21)35(4)14-13-34(2)3)33-28-30-12-11-20(32-28)18-17-36(5)23-10-8-9-19(29)27(18)23/h7-12,15-17H,1,13-14H2,2-6H3,(H,31,37)(H,30,32,33). The minimum Gasteiger partial charge on any atom is -0.494 e. The first-order valence-electron chi connectivity index (χ1n) is 12.1. The van der Waals surface area contributed by atoms with Crippen molar-refractivity contribution < 1.29 is 9.53 Å². The predicted molar refractivity (Wildman–Crippen MR) is 156 cm³/mol. The van der Waals surface area contributed by atoms with Crippen molar-refractivity contribution in [3.63, 3.8) is 0 Å². The number of benzene rings is 2. The zero-order valence-electron chi connectivity index (χ0n) is 22.2. The number of carbonyl (C=O) groups is 1. The molecule has 0 aliphatic rings. The highest BCUT2D eigenvalue weighted by atomic mass is 35.5. The molecule has 0 fully saturated rings. The normalized spacial score (nSPS) is 11.0. The number of aromatic nitrogens is 3. The topological polar surface area (TPSA) is 87.5 Å². The second kappa shape index (κ2) is 11.5. The molecule has 0 saturated carbocycles. The highest BCUT2D eigenvalue weighted by molar-refractivity contribution is 6.36. The van der Waals surface area contributed by atoms with Crippen molar-refractivity contribution in [2.24, 2.45) is 7.05 Å². The van der Waals surface area contributed by atoms with E-state index in [1.165, 1.54) is 6.08 Å². The van der Waals surface area contributed by atoms with E-state index in [2.05, 4.69) is 32.0 Å². The number of carbonyl (C=O) groups excluding carboxylic acids is 1. The number of anilines is 4. The highest BCUT2D eigenvalue weighted by Crippen LogP contribution is 2.39. The van der Waals surface area contributed by atoms with E-state index in [9.17, 15) is 4.79 Å². The molecule has 2 aromatic carbocycles. The number of halogens is 1. The van der Waals surface area contributed by atoms with Crippen molar-refractivity contribution in [3.8, 4) is 17.0 Å². The fourth-order valence-electron chi connectivity index (χ4n) is 4.19. The molecular weight excluding hydrogens is 502 g/mol. The molecule has 0 bridgehead atoms. The average molecular weight is 534 g/mol. The van der Waals surface area contributed by atoms with Gasteiger partial charge in [0.1, 0.15) is 5.75 Å². The first-order chi connectivity index (χ1) is 18.2. The number of rotatable bonds is 10. The number of nitrogens with zero attached hydrogens (tertiary/aromatic N) is 5. The molecule has 0 aliphatic carbocycles. The van der Waals surface area contributed by atoms with E-state index in [-0.39, 0.29) is 5.91 Å². The Balaban J connectivity index is 1.73. The Kier molecular flexibility index (Phi) is 8.19. The molecule has 0 spiro atoms. The van der Waals surface area contributed by atoms with Gasteiger partial charge in [0.2, 0.25) is 11.9 Å². The SMILES string of the molecule is C=CC(=O)Nc1cc(Nc2nccc(-c3cn(C)c4cccc(Cl)c34)n2)c(OC)cc1N(C)CCN(C)C. The quantitative estimate of drug-likeness (QED) is 0.272. The minimum atomic E-state index is -0.311. The van der Waals surface area contributed by atoms with Gasteiger partial charge in [0.25, 0.3) is 0 Å². The van der Waals surface area contributed by atoms with Crippen LogP contribution in [-0.4, -0.2) is 66.7 Å². The molecule has 0 atom stereocenters. The monoisotopic (exact) mass is 533 g/mol. The first kappa shape index (κ1) is 27.0. The van der Waals surface area contributed by atoms with Gasteiger partial charge in [-0.15, -0.1) is 0 Å². The molecule has 2 heterocycles. The van der Waals surface area contributed by atoms with E-state index >= 15 is 0 Å². The summed E-state index contributed by atoms with van der Waals surface area (Å²) in [6, 6.07) is 11.4. The highest BCUT2D eigenvalue weighted by Gasteiger charge is 2.18. The van der Waals surface area contributed by atoms with Crippen LogP contribution in [-0.2, 0) is 11.8 Å². The van der Waals surface area contributed by atoms with Crippen molar-refractivity contribution in [3.05, 3.63) is 66.5 Å². The molecule has 4 aromatic rings. The van der Waals surface area contributed by atoms with Gasteiger partial charge in [-0.2, -0.15) is 0 Å². The summed E-state index contributed by atoms with van der Waals surface area (Å²) in [6.07, 6.45) is 4.93. The molecule has 0 saturated heterocycles. The Bertz CT molecular complexity index is 1480. The third-order valence-electron chi connectivity index (χ3n) is 6.20. The molecular formula is C28H32ClN7O2. The largest absolute Gasteiger partial charge is 0.494 e. The van der Waals surface area contributed by atoms with Crippen molar-refractivity contribution >= 4 is 51.4 Å². The van der Waals surface area contributed by atoms with Gasteiger partial charge in [0.05, 0.1) is 34.9 Å². The fraction of sp³-hybridized carbons (Fsp3) is 0.250. The maximum Gasteiger partial charge on any atom is 0.247 e. The lowest BCUT2D eigenvalue weighted by atomic mass is 10.1. The van der Waals surface area contributed by atoms with Crippen molar-refractivity contribution in [2.75, 3.05) is 56.9 Å². The van der Waals surface area contributed by atoms with Crippen LogP contribution in [0, 0.1) is 0 Å². The van der Waals surface area contributed by atoms with Gasteiger partial charge >= 0.3 is 0 Å². The van der Waals surface area contributed by atoms with Crippen molar-refractivity contribution in [1.29, 1.82) is 0 Å². The summed E-state index contributed by atoms with van der Waals surface area (Å²) < 4.78 is 7.73. The van der Waals surface area contributed by atoms with Crippen LogP contribution in [0.4, 0.5) is 23.0 Å². The van der Waals surface area contributed by atoms with Crippen molar-refractivity contribution in [2.45, 2.75) is 0 Å². The number of likely N-dealkylation sites (N-methyl/N-ethyl adjacent to an activating group) is 2. The lowest BCUT2D eigenvalue weighted by Gasteiger charge is -2.26. The van der Waals surface area contributed by atoms with E-state index in [1.807, 2.05) is 75.4 Å². The Morgan fingerprint density at radius 2 is 1.97 bits per heavy atom. The van der Waals surface area contributed by atoms with Gasteiger partial charge in [-0.3, -0.25) is 4.79 Å². The predicted octanol–water partition coefficient (Wildman–Crippen LogP) is 5.16. The Morgan fingerprint density at radius 1 is 1.18 bits per heavy atom. The van der Waals surface area contributed by atoms with E-state index in [0.717, 1.165) is 40.9 Å². The summed E-state index contributed by atoms with van der Waals surface area (Å²) in [6.45, 7) is 5.17. The molecule has 4 rings (SSSR count). The fourth-order valence-corrected chi connectivity index (χ4v) is 4.46. The number of aryl methyl sites for hydroxylation is 1. The molecule has 38 heavy (non-hydrogen) atoms. The molecule has 0 unspecified atom stereocenters. The molecule has 2 aromatic heterocycles. The third-order valence-corrected chi connectivity index (χ3v) is 6.51. The molecule has 9 nitrogen and oxygen atoms in total. The Morgan fingerprint density at radius 3 is 2.68 bits per heavy atom. The number of hydrogen-bond acceptors (Lipinski definition) is 7. The van der Waals surface area contributed by atoms with Gasteiger partial charge in [-0.05, 0) is 44.4 Å². The van der Waals surface area contributed by atoms with Crippen LogP contribution in [0.1, 0.15) is 0 Å². The Labute approximate surface area is 227 Å². The maximum absolute atomic E-state index is 12.2. The summed E-state index contributed by atoms with van der Waals surface area (Å²) in [7, 11) is 9.58. The number of ether oxygens (including phenoxy) is 1. The van der Waals surface area contributed by atoms with Gasteiger partial charge in [0.15, 0.2) is 0 Å². The van der Waals surface area contributed by atoms with E-state index < -0.39 is 0 Å². The molecule has 0 aliphatic heterocycles. The number of nitrogens with one attached hydrogen (secondary N) is 2. The number of methoxy groups -OCH3 is 1. The van der Waals surface area contributed by atoms with E-state index in [0.29, 0.717) is 28.1 Å². The van der Waals surface area contributed by atoms with E-state index in [4.69, 9.17) is 21.3 Å². The van der Waals surface area contributed by atoms with Crippen LogP contribution in [0.5, 0.6) is 5.75 Å². The lowest BCUT2D eigenvalue weighted by Crippen LogP contribution is -2.29. The summed E-state index contributed by atoms with van der Waals surface area (Å²) >= 11 is 6.55. The van der Waals surface area contributed by atoms with E-state index in [1.54, 1.807) is 13.3 Å². The minimum absolute atomic E-state index is 0.311. The number of hydrogen-bond donors (Lipinski definition) is 2. The smallest absolute Gasteiger partial charge is 0.247 e. The van der Waals surface area contributed by atoms with Gasteiger partial charge in [0, 0.05) is 62.1 Å². The number of amides is 1. The first-order valence-corrected chi connectivity index (χ1v) is 12.4. The summed E-state index contributed by atoms with van der Waals surface area (Å²) in [5.74, 6) is 0.643. The lowest BCUT2D eigenvalue weighted by molar-refractivity contribution is -0.111. The second-order valence-electron chi connectivity index (χ2n) is 9.17. The van der Waals surface area contributed by atoms with Crippen LogP contribution < -0.4 is 20.3 Å². The van der Waals surface area contributed by atoms with Gasteiger partial charge in [-0.25, -0.2) is 9.97 Å².